The predicted octanol–water partition coefficient (Wildman–Crippen LogP) is 3.94. The maximum atomic E-state index is 6.30. The third kappa shape index (κ3) is 4.52. The molecule has 0 radical (unpaired) electrons. The van der Waals surface area contributed by atoms with Crippen LogP contribution in [0, 0.1) is 0 Å². The van der Waals surface area contributed by atoms with Gasteiger partial charge in [-0.25, -0.2) is 4.98 Å². The summed E-state index contributed by atoms with van der Waals surface area (Å²) in [5.74, 6) is 0.783. The molecule has 1 aromatic rings. The van der Waals surface area contributed by atoms with E-state index in [0.29, 0.717) is 6.61 Å². The highest BCUT2D eigenvalue weighted by atomic mass is 28.4. The number of hydrogen-bond acceptors (Lipinski definition) is 5. The van der Waals surface area contributed by atoms with Crippen LogP contribution >= 0.6 is 0 Å². The minimum absolute atomic E-state index is 0.174. The molecule has 1 aromatic heterocycles. The molecule has 0 spiro atoms. The Balaban J connectivity index is 3.04. The summed E-state index contributed by atoms with van der Waals surface area (Å²) in [6, 6.07) is 3.96. The molecule has 0 aliphatic rings. The van der Waals surface area contributed by atoms with E-state index in [-0.39, 0.29) is 5.04 Å². The van der Waals surface area contributed by atoms with E-state index < -0.39 is 14.6 Å². The van der Waals surface area contributed by atoms with E-state index in [2.05, 4.69) is 44.2 Å². The monoisotopic (exact) mass is 326 g/mol. The number of nitrogens with one attached hydrogen (secondary N) is 1. The summed E-state index contributed by atoms with van der Waals surface area (Å²) in [5.41, 5.74) is 1.76. The zero-order valence-electron chi connectivity index (χ0n) is 15.1. The summed E-state index contributed by atoms with van der Waals surface area (Å²) >= 11 is 0. The Labute approximate surface area is 135 Å². The summed E-state index contributed by atoms with van der Waals surface area (Å²) in [6.45, 7) is 11.7. The standard InChI is InChI=1S/C16H30N2O3Si/c1-16(2,3)22(7,8)21-11-12-9-10-13(17-4)18-14(12)15(19-5)20-6/h9-10,15H,11H2,1-8H3,(H,17,18). The maximum absolute atomic E-state index is 6.30. The summed E-state index contributed by atoms with van der Waals surface area (Å²) < 4.78 is 17.0. The average Bonchev–Trinajstić information content (AvgIpc) is 2.45. The molecule has 0 atom stereocenters. The third-order valence-corrected chi connectivity index (χ3v) is 8.79. The summed E-state index contributed by atoms with van der Waals surface area (Å²) in [7, 11) is 3.25. The zero-order chi connectivity index (χ0) is 17.0. The molecule has 5 nitrogen and oxygen atoms in total. The number of aromatic nitrogens is 1. The zero-order valence-corrected chi connectivity index (χ0v) is 16.1. The molecular formula is C16H30N2O3Si. The second-order valence-corrected chi connectivity index (χ2v) is 11.7. The number of rotatable bonds is 7. The van der Waals surface area contributed by atoms with Gasteiger partial charge >= 0.3 is 0 Å². The summed E-state index contributed by atoms with van der Waals surface area (Å²) in [6.07, 6.45) is -0.494. The Hall–Kier alpha value is -0.953. The highest BCUT2D eigenvalue weighted by Gasteiger charge is 2.37. The lowest BCUT2D eigenvalue weighted by atomic mass is 10.2. The molecule has 1 N–H and O–H groups in total. The average molecular weight is 327 g/mol. The van der Waals surface area contributed by atoms with Crippen LogP contribution in [0.2, 0.25) is 18.1 Å². The van der Waals surface area contributed by atoms with Crippen molar-refractivity contribution in [2.45, 2.75) is 51.8 Å². The van der Waals surface area contributed by atoms with Crippen molar-refractivity contribution in [3.05, 3.63) is 23.4 Å². The van der Waals surface area contributed by atoms with E-state index in [1.165, 1.54) is 0 Å². The van der Waals surface area contributed by atoms with Crippen molar-refractivity contribution in [3.8, 4) is 0 Å². The summed E-state index contributed by atoms with van der Waals surface area (Å²) in [5, 5.41) is 3.21. The van der Waals surface area contributed by atoms with Gasteiger partial charge in [-0.05, 0) is 24.2 Å². The van der Waals surface area contributed by atoms with Gasteiger partial charge in [0.05, 0.1) is 6.61 Å². The maximum Gasteiger partial charge on any atom is 0.200 e. The third-order valence-electron chi connectivity index (χ3n) is 4.31. The van der Waals surface area contributed by atoms with Gasteiger partial charge in [-0.2, -0.15) is 0 Å². The van der Waals surface area contributed by atoms with Gasteiger partial charge in [0.2, 0.25) is 6.29 Å². The van der Waals surface area contributed by atoms with Crippen LogP contribution in [0.1, 0.15) is 38.3 Å². The van der Waals surface area contributed by atoms with Crippen LogP contribution in [0.15, 0.2) is 12.1 Å². The van der Waals surface area contributed by atoms with E-state index in [9.17, 15) is 0 Å². The largest absolute Gasteiger partial charge is 0.412 e. The molecule has 6 heteroatoms. The first-order chi connectivity index (χ1) is 10.2. The Morgan fingerprint density at radius 1 is 1.18 bits per heavy atom. The van der Waals surface area contributed by atoms with Gasteiger partial charge < -0.3 is 19.2 Å². The molecule has 0 aliphatic heterocycles. The quantitative estimate of drug-likeness (QED) is 0.607. The lowest BCUT2D eigenvalue weighted by Crippen LogP contribution is -2.40. The van der Waals surface area contributed by atoms with Crippen molar-refractivity contribution in [3.63, 3.8) is 0 Å². The fraction of sp³-hybridized carbons (Fsp3) is 0.688. The van der Waals surface area contributed by atoms with Crippen LogP contribution in [0.5, 0.6) is 0 Å². The molecule has 22 heavy (non-hydrogen) atoms. The van der Waals surface area contributed by atoms with Crippen LogP contribution in [0.3, 0.4) is 0 Å². The normalized spacial score (nSPS) is 12.8. The van der Waals surface area contributed by atoms with Crippen molar-refractivity contribution in [1.29, 1.82) is 0 Å². The number of hydrogen-bond donors (Lipinski definition) is 1. The Kier molecular flexibility index (Phi) is 6.55. The molecule has 0 fully saturated rings. The summed E-state index contributed by atoms with van der Waals surface area (Å²) in [4.78, 5) is 4.57. The molecular weight excluding hydrogens is 296 g/mol. The van der Waals surface area contributed by atoms with Crippen LogP contribution in [-0.2, 0) is 20.5 Å². The Morgan fingerprint density at radius 2 is 1.77 bits per heavy atom. The molecule has 0 bridgehead atoms. The molecule has 0 unspecified atom stereocenters. The number of pyridine rings is 1. The molecule has 0 aromatic carbocycles. The van der Waals surface area contributed by atoms with Crippen LogP contribution in [0.4, 0.5) is 5.82 Å². The minimum atomic E-state index is -1.81. The number of ether oxygens (including phenoxy) is 2. The first-order valence-electron chi connectivity index (χ1n) is 7.53. The first kappa shape index (κ1) is 19.1. The van der Waals surface area contributed by atoms with Gasteiger partial charge in [-0.15, -0.1) is 0 Å². The van der Waals surface area contributed by atoms with E-state index in [1.807, 2.05) is 19.2 Å². The molecule has 0 saturated carbocycles. The van der Waals surface area contributed by atoms with E-state index in [1.54, 1.807) is 14.2 Å². The lowest BCUT2D eigenvalue weighted by Gasteiger charge is -2.36. The Morgan fingerprint density at radius 3 is 2.23 bits per heavy atom. The lowest BCUT2D eigenvalue weighted by molar-refractivity contribution is -0.109. The van der Waals surface area contributed by atoms with Gasteiger partial charge in [0.25, 0.3) is 0 Å². The van der Waals surface area contributed by atoms with Crippen LogP contribution in [0.25, 0.3) is 0 Å². The first-order valence-corrected chi connectivity index (χ1v) is 10.4. The van der Waals surface area contributed by atoms with E-state index in [0.717, 1.165) is 17.1 Å². The van der Waals surface area contributed by atoms with E-state index in [4.69, 9.17) is 13.9 Å². The van der Waals surface area contributed by atoms with Gasteiger partial charge in [0.15, 0.2) is 8.32 Å². The smallest absolute Gasteiger partial charge is 0.200 e. The fourth-order valence-corrected chi connectivity index (χ4v) is 2.71. The predicted molar refractivity (Wildman–Crippen MR) is 92.5 cm³/mol. The Bertz CT molecular complexity index is 483. The second-order valence-electron chi connectivity index (χ2n) is 6.84. The van der Waals surface area contributed by atoms with Gasteiger partial charge in [-0.3, -0.25) is 0 Å². The van der Waals surface area contributed by atoms with Crippen molar-refractivity contribution in [2.75, 3.05) is 26.6 Å². The molecule has 126 valence electrons. The van der Waals surface area contributed by atoms with Crippen molar-refractivity contribution >= 4 is 14.1 Å². The van der Waals surface area contributed by atoms with Crippen LogP contribution in [-0.4, -0.2) is 34.6 Å². The topological polar surface area (TPSA) is 52.6 Å². The second kappa shape index (κ2) is 7.54. The highest BCUT2D eigenvalue weighted by Crippen LogP contribution is 2.37. The molecule has 0 aliphatic carbocycles. The minimum Gasteiger partial charge on any atom is -0.412 e. The van der Waals surface area contributed by atoms with Crippen molar-refractivity contribution in [2.24, 2.45) is 0 Å². The van der Waals surface area contributed by atoms with Gasteiger partial charge in [-0.1, -0.05) is 26.8 Å². The number of anilines is 1. The van der Waals surface area contributed by atoms with Gasteiger partial charge in [0, 0.05) is 26.8 Å². The number of methoxy groups -OCH3 is 2. The van der Waals surface area contributed by atoms with E-state index >= 15 is 0 Å². The molecule has 1 rings (SSSR count). The van der Waals surface area contributed by atoms with Crippen molar-refractivity contribution in [1.82, 2.24) is 4.98 Å². The molecule has 0 saturated heterocycles. The van der Waals surface area contributed by atoms with Gasteiger partial charge in [0.1, 0.15) is 11.5 Å². The fourth-order valence-electron chi connectivity index (χ4n) is 1.76. The molecule has 0 amide bonds. The number of nitrogens with zero attached hydrogens (tertiary/aromatic N) is 1. The SMILES string of the molecule is CNc1ccc(CO[Si](C)(C)C(C)(C)C)c(C(OC)OC)n1. The van der Waals surface area contributed by atoms with Crippen LogP contribution < -0.4 is 5.32 Å². The highest BCUT2D eigenvalue weighted by molar-refractivity contribution is 6.74. The van der Waals surface area contributed by atoms with Crippen molar-refractivity contribution < 1.29 is 13.9 Å². The molecule has 1 heterocycles.